The number of furan rings is 1. The lowest BCUT2D eigenvalue weighted by molar-refractivity contribution is 0.438. The number of hydrogen-bond donors (Lipinski definition) is 1. The van der Waals surface area contributed by atoms with E-state index in [1.165, 1.54) is 12.3 Å². The molecule has 0 radical (unpaired) electrons. The van der Waals surface area contributed by atoms with Crippen LogP contribution in [0.15, 0.2) is 28.9 Å². The maximum atomic E-state index is 14.2. The van der Waals surface area contributed by atoms with E-state index < -0.39 is 11.6 Å². The van der Waals surface area contributed by atoms with Crippen molar-refractivity contribution in [3.63, 3.8) is 0 Å². The zero-order valence-corrected chi connectivity index (χ0v) is 10.9. The largest absolute Gasteiger partial charge is 0.464 e. The van der Waals surface area contributed by atoms with Crippen molar-refractivity contribution in [3.8, 4) is 0 Å². The Bertz CT molecular complexity index is 670. The van der Waals surface area contributed by atoms with Crippen molar-refractivity contribution in [2.24, 2.45) is 5.41 Å². The summed E-state index contributed by atoms with van der Waals surface area (Å²) in [5.41, 5.74) is 1.20. The second-order valence-corrected chi connectivity index (χ2v) is 5.52. The molecule has 2 nitrogen and oxygen atoms in total. The molecule has 1 N–H and O–H groups in total. The Labute approximate surface area is 110 Å². The second-order valence-electron chi connectivity index (χ2n) is 5.52. The Hall–Kier alpha value is -1.68. The van der Waals surface area contributed by atoms with Gasteiger partial charge in [0.15, 0.2) is 11.6 Å². The molecule has 1 aromatic carbocycles. The average molecular weight is 263 g/mol. The minimum atomic E-state index is -0.834. The fraction of sp³-hybridized carbons (Fsp3) is 0.333. The van der Waals surface area contributed by atoms with E-state index in [0.717, 1.165) is 12.1 Å². The van der Waals surface area contributed by atoms with Crippen LogP contribution in [0.1, 0.15) is 19.4 Å². The van der Waals surface area contributed by atoms with Gasteiger partial charge in [-0.2, -0.15) is 0 Å². The van der Waals surface area contributed by atoms with Crippen LogP contribution in [0.25, 0.3) is 16.5 Å². The molecule has 0 unspecified atom stereocenters. The molecule has 1 aromatic heterocycles. The third-order valence-electron chi connectivity index (χ3n) is 3.65. The first-order valence-electron chi connectivity index (χ1n) is 6.27. The van der Waals surface area contributed by atoms with Gasteiger partial charge in [-0.25, -0.2) is 8.78 Å². The third-order valence-corrected chi connectivity index (χ3v) is 3.65. The summed E-state index contributed by atoms with van der Waals surface area (Å²) >= 11 is 0. The Morgan fingerprint density at radius 1 is 1.32 bits per heavy atom. The first-order valence-corrected chi connectivity index (χ1v) is 6.27. The lowest BCUT2D eigenvalue weighted by atomic mass is 9.77. The van der Waals surface area contributed by atoms with Crippen LogP contribution in [-0.4, -0.2) is 13.1 Å². The maximum Gasteiger partial charge on any atom is 0.170 e. The minimum absolute atomic E-state index is 0.256. The minimum Gasteiger partial charge on any atom is -0.464 e. The molecule has 0 spiro atoms. The van der Waals surface area contributed by atoms with E-state index in [9.17, 15) is 8.78 Å². The van der Waals surface area contributed by atoms with Crippen molar-refractivity contribution in [2.45, 2.75) is 13.8 Å². The van der Waals surface area contributed by atoms with Crippen LogP contribution >= 0.6 is 0 Å². The molecule has 0 bridgehead atoms. The lowest BCUT2D eigenvalue weighted by Gasteiger charge is -2.32. The van der Waals surface area contributed by atoms with Gasteiger partial charge in [-0.3, -0.25) is 0 Å². The van der Waals surface area contributed by atoms with E-state index in [4.69, 9.17) is 4.42 Å². The Morgan fingerprint density at radius 2 is 2.11 bits per heavy atom. The quantitative estimate of drug-likeness (QED) is 0.848. The smallest absolute Gasteiger partial charge is 0.170 e. The van der Waals surface area contributed by atoms with Gasteiger partial charge in [0.2, 0.25) is 0 Å². The van der Waals surface area contributed by atoms with Crippen LogP contribution < -0.4 is 5.32 Å². The summed E-state index contributed by atoms with van der Waals surface area (Å²) in [6.07, 6.45) is 3.37. The highest BCUT2D eigenvalue weighted by molar-refractivity contribution is 5.91. The molecule has 0 saturated heterocycles. The second kappa shape index (κ2) is 4.17. The summed E-state index contributed by atoms with van der Waals surface area (Å²) in [5, 5.41) is 3.81. The fourth-order valence-corrected chi connectivity index (χ4v) is 2.67. The Balaban J connectivity index is 2.33. The summed E-state index contributed by atoms with van der Waals surface area (Å²) in [5.74, 6) is -1.66. The van der Waals surface area contributed by atoms with Gasteiger partial charge < -0.3 is 9.73 Å². The number of benzene rings is 1. The van der Waals surface area contributed by atoms with E-state index in [0.29, 0.717) is 17.5 Å². The first kappa shape index (κ1) is 12.4. The van der Waals surface area contributed by atoms with Crippen LogP contribution in [0, 0.1) is 17.0 Å². The van der Waals surface area contributed by atoms with Crippen LogP contribution in [0.5, 0.6) is 0 Å². The van der Waals surface area contributed by atoms with E-state index in [2.05, 4.69) is 5.32 Å². The Morgan fingerprint density at radius 3 is 2.84 bits per heavy atom. The summed E-state index contributed by atoms with van der Waals surface area (Å²) in [6.45, 7) is 5.38. The average Bonchev–Trinajstić information content (AvgIpc) is 2.79. The van der Waals surface area contributed by atoms with Crippen molar-refractivity contribution in [1.29, 1.82) is 0 Å². The molecule has 0 atom stereocenters. The molecule has 0 fully saturated rings. The van der Waals surface area contributed by atoms with E-state index in [1.807, 2.05) is 19.9 Å². The predicted octanol–water partition coefficient (Wildman–Crippen LogP) is 3.72. The molecule has 19 heavy (non-hydrogen) atoms. The number of halogens is 2. The number of nitrogens with one attached hydrogen (secondary N) is 1. The molecule has 0 saturated carbocycles. The van der Waals surface area contributed by atoms with Gasteiger partial charge in [0.1, 0.15) is 5.58 Å². The van der Waals surface area contributed by atoms with Gasteiger partial charge in [0.25, 0.3) is 0 Å². The summed E-state index contributed by atoms with van der Waals surface area (Å²) < 4.78 is 33.3. The zero-order chi connectivity index (χ0) is 13.6. The number of fused-ring (bicyclic) bond motifs is 1. The van der Waals surface area contributed by atoms with Gasteiger partial charge in [-0.05, 0) is 17.7 Å². The Kier molecular flexibility index (Phi) is 2.71. The predicted molar refractivity (Wildman–Crippen MR) is 70.8 cm³/mol. The molecule has 2 aromatic rings. The zero-order valence-electron chi connectivity index (χ0n) is 10.9. The molecule has 100 valence electrons. The molecular formula is C15H15F2NO. The highest BCUT2D eigenvalue weighted by atomic mass is 19.2. The maximum absolute atomic E-state index is 14.2. The van der Waals surface area contributed by atoms with Crippen molar-refractivity contribution >= 4 is 16.5 Å². The summed E-state index contributed by atoms with van der Waals surface area (Å²) in [6, 6.07) is 2.82. The van der Waals surface area contributed by atoms with Gasteiger partial charge in [-0.1, -0.05) is 19.9 Å². The normalized spacial score (nSPS) is 18.6. The lowest BCUT2D eigenvalue weighted by Crippen LogP contribution is -2.35. The highest BCUT2D eigenvalue weighted by Crippen LogP contribution is 2.41. The molecule has 1 aliphatic rings. The summed E-state index contributed by atoms with van der Waals surface area (Å²) in [4.78, 5) is 0. The molecule has 2 heterocycles. The molecule has 4 heteroatoms. The van der Waals surface area contributed by atoms with Gasteiger partial charge in [-0.15, -0.1) is 0 Å². The molecule has 1 aliphatic heterocycles. The van der Waals surface area contributed by atoms with Crippen molar-refractivity contribution in [1.82, 2.24) is 5.32 Å². The van der Waals surface area contributed by atoms with Crippen LogP contribution in [0.4, 0.5) is 8.78 Å². The standard InChI is InChI=1S/C15H15F2NO/c1-15(2)8-18-5-3-10(15)12-13(17)11(16)7-9-4-6-19-14(9)12/h3-4,6-7,18H,5,8H2,1-2H3. The molecular weight excluding hydrogens is 248 g/mol. The SMILES string of the molecule is CC1(C)CNCC=C1c1c(F)c(F)cc2ccoc12. The monoisotopic (exact) mass is 263 g/mol. The molecule has 3 rings (SSSR count). The van der Waals surface area contributed by atoms with E-state index in [1.54, 1.807) is 6.07 Å². The third kappa shape index (κ3) is 1.87. The number of rotatable bonds is 1. The molecule has 0 amide bonds. The van der Waals surface area contributed by atoms with Gasteiger partial charge >= 0.3 is 0 Å². The molecule has 0 aliphatic carbocycles. The first-order chi connectivity index (χ1) is 9.00. The van der Waals surface area contributed by atoms with Gasteiger partial charge in [0, 0.05) is 23.9 Å². The van der Waals surface area contributed by atoms with Crippen LogP contribution in [0.2, 0.25) is 0 Å². The van der Waals surface area contributed by atoms with Gasteiger partial charge in [0.05, 0.1) is 11.8 Å². The topological polar surface area (TPSA) is 25.2 Å². The summed E-state index contributed by atoms with van der Waals surface area (Å²) in [7, 11) is 0. The van der Waals surface area contributed by atoms with Crippen LogP contribution in [0.3, 0.4) is 0 Å². The highest BCUT2D eigenvalue weighted by Gasteiger charge is 2.31. The fourth-order valence-electron chi connectivity index (χ4n) is 2.67. The van der Waals surface area contributed by atoms with E-state index >= 15 is 0 Å². The number of hydrogen-bond acceptors (Lipinski definition) is 2. The van der Waals surface area contributed by atoms with Crippen molar-refractivity contribution < 1.29 is 13.2 Å². The van der Waals surface area contributed by atoms with Crippen molar-refractivity contribution in [2.75, 3.05) is 13.1 Å². The van der Waals surface area contributed by atoms with Crippen LogP contribution in [-0.2, 0) is 0 Å². The van der Waals surface area contributed by atoms with Crippen molar-refractivity contribution in [3.05, 3.63) is 41.7 Å². The van der Waals surface area contributed by atoms with E-state index in [-0.39, 0.29) is 11.0 Å².